The van der Waals surface area contributed by atoms with E-state index >= 15 is 0 Å². The molecule has 0 saturated heterocycles. The molecule has 4 heteroatoms. The number of carboxylic acid groups (broad SMARTS) is 1. The summed E-state index contributed by atoms with van der Waals surface area (Å²) in [7, 11) is 0. The van der Waals surface area contributed by atoms with Crippen LogP contribution < -0.4 is 5.32 Å². The summed E-state index contributed by atoms with van der Waals surface area (Å²) >= 11 is 0. The highest BCUT2D eigenvalue weighted by atomic mass is 16.4. The van der Waals surface area contributed by atoms with Crippen molar-refractivity contribution in [2.75, 3.05) is 0 Å². The van der Waals surface area contributed by atoms with Crippen molar-refractivity contribution < 1.29 is 14.7 Å². The first-order valence-electron chi connectivity index (χ1n) is 8.15. The Morgan fingerprint density at radius 3 is 2.20 bits per heavy atom. The van der Waals surface area contributed by atoms with Crippen molar-refractivity contribution in [1.82, 2.24) is 5.32 Å². The Kier molecular flexibility index (Phi) is 5.44. The molecule has 2 aliphatic carbocycles. The van der Waals surface area contributed by atoms with Gasteiger partial charge in [-0.15, -0.1) is 0 Å². The number of hydrogen-bond donors (Lipinski definition) is 2. The third-order valence-electron chi connectivity index (χ3n) is 5.09. The van der Waals surface area contributed by atoms with E-state index in [4.69, 9.17) is 0 Å². The molecule has 4 nitrogen and oxygen atoms in total. The fourth-order valence-electron chi connectivity index (χ4n) is 3.77. The zero-order valence-electron chi connectivity index (χ0n) is 12.4. The van der Waals surface area contributed by atoms with Crippen LogP contribution in [0.25, 0.3) is 0 Å². The highest BCUT2D eigenvalue weighted by molar-refractivity contribution is 5.85. The molecule has 2 N–H and O–H groups in total. The number of amides is 1. The Labute approximate surface area is 121 Å². The third kappa shape index (κ3) is 3.74. The van der Waals surface area contributed by atoms with E-state index in [1.165, 1.54) is 25.7 Å². The summed E-state index contributed by atoms with van der Waals surface area (Å²) in [5, 5.41) is 12.4. The Morgan fingerprint density at radius 1 is 1.05 bits per heavy atom. The molecule has 2 fully saturated rings. The molecule has 0 aliphatic heterocycles. The van der Waals surface area contributed by atoms with Crippen LogP contribution in [0.15, 0.2) is 0 Å². The van der Waals surface area contributed by atoms with Gasteiger partial charge in [-0.2, -0.15) is 0 Å². The predicted molar refractivity (Wildman–Crippen MR) is 77.3 cm³/mol. The summed E-state index contributed by atoms with van der Waals surface area (Å²) in [5.74, 6) is -1.23. The van der Waals surface area contributed by atoms with Crippen molar-refractivity contribution >= 4 is 11.9 Å². The van der Waals surface area contributed by atoms with Crippen molar-refractivity contribution in [3.8, 4) is 0 Å². The maximum absolute atomic E-state index is 12.4. The normalized spacial score (nSPS) is 31.8. The van der Waals surface area contributed by atoms with E-state index in [1.54, 1.807) is 0 Å². The van der Waals surface area contributed by atoms with Crippen molar-refractivity contribution in [3.63, 3.8) is 0 Å². The minimum Gasteiger partial charge on any atom is -0.481 e. The Hall–Kier alpha value is -1.06. The van der Waals surface area contributed by atoms with E-state index in [-0.39, 0.29) is 17.9 Å². The number of carbonyl (C=O) groups excluding carboxylic acids is 1. The molecule has 2 saturated carbocycles. The number of nitrogens with one attached hydrogen (secondary N) is 1. The maximum atomic E-state index is 12.4. The highest BCUT2D eigenvalue weighted by Gasteiger charge is 2.42. The molecule has 0 aromatic carbocycles. The second-order valence-corrected chi connectivity index (χ2v) is 6.49. The van der Waals surface area contributed by atoms with Crippen LogP contribution in [-0.2, 0) is 9.59 Å². The van der Waals surface area contributed by atoms with Gasteiger partial charge in [-0.3, -0.25) is 9.59 Å². The standard InChI is InChI=1S/C16H27NO3/c1-2-11-9-13(14(10-11)16(19)20)15(18)17-12-7-5-3-4-6-8-12/h11-14H,2-10H2,1H3,(H,17,18)(H,19,20). The lowest BCUT2D eigenvalue weighted by molar-refractivity contribution is -0.146. The SMILES string of the molecule is CCC1CC(C(=O)O)C(C(=O)NC2CCCCCC2)C1. The number of carboxylic acids is 1. The first kappa shape index (κ1) is 15.3. The van der Waals surface area contributed by atoms with Gasteiger partial charge >= 0.3 is 5.97 Å². The smallest absolute Gasteiger partial charge is 0.307 e. The van der Waals surface area contributed by atoms with E-state index in [2.05, 4.69) is 12.2 Å². The lowest BCUT2D eigenvalue weighted by atomic mass is 9.94. The lowest BCUT2D eigenvalue weighted by Gasteiger charge is -2.21. The second kappa shape index (κ2) is 7.09. The van der Waals surface area contributed by atoms with Gasteiger partial charge in [0.15, 0.2) is 0 Å². The lowest BCUT2D eigenvalue weighted by Crippen LogP contribution is -2.41. The molecule has 0 spiro atoms. The Balaban J connectivity index is 1.94. The molecule has 3 atom stereocenters. The van der Waals surface area contributed by atoms with Crippen molar-refractivity contribution in [2.45, 2.75) is 70.8 Å². The predicted octanol–water partition coefficient (Wildman–Crippen LogP) is 2.96. The summed E-state index contributed by atoms with van der Waals surface area (Å²) in [6.45, 7) is 2.08. The molecule has 0 bridgehead atoms. The van der Waals surface area contributed by atoms with Gasteiger partial charge < -0.3 is 10.4 Å². The molecule has 0 aromatic rings. The molecule has 20 heavy (non-hydrogen) atoms. The first-order valence-corrected chi connectivity index (χ1v) is 8.15. The largest absolute Gasteiger partial charge is 0.481 e. The summed E-state index contributed by atoms with van der Waals surface area (Å²) in [6, 6.07) is 0.264. The van der Waals surface area contributed by atoms with Gasteiger partial charge in [-0.1, -0.05) is 39.0 Å². The molecule has 0 aromatic heterocycles. The number of hydrogen-bond acceptors (Lipinski definition) is 2. The van der Waals surface area contributed by atoms with E-state index in [0.29, 0.717) is 12.3 Å². The second-order valence-electron chi connectivity index (χ2n) is 6.49. The molecule has 0 radical (unpaired) electrons. The van der Waals surface area contributed by atoms with Crippen LogP contribution in [0.2, 0.25) is 0 Å². The minimum atomic E-state index is -0.804. The van der Waals surface area contributed by atoms with Crippen LogP contribution in [0, 0.1) is 17.8 Å². The van der Waals surface area contributed by atoms with Crippen LogP contribution in [0.4, 0.5) is 0 Å². The van der Waals surface area contributed by atoms with E-state index in [1.807, 2.05) is 0 Å². The van der Waals surface area contributed by atoms with Gasteiger partial charge in [-0.25, -0.2) is 0 Å². The van der Waals surface area contributed by atoms with Crippen LogP contribution in [-0.4, -0.2) is 23.0 Å². The zero-order chi connectivity index (χ0) is 14.5. The summed E-state index contributed by atoms with van der Waals surface area (Å²) in [6.07, 6.45) is 9.33. The van der Waals surface area contributed by atoms with E-state index in [0.717, 1.165) is 25.7 Å². The Bertz CT molecular complexity index is 348. The summed E-state index contributed by atoms with van der Waals surface area (Å²) in [4.78, 5) is 23.8. The van der Waals surface area contributed by atoms with Crippen LogP contribution in [0.5, 0.6) is 0 Å². The van der Waals surface area contributed by atoms with Crippen LogP contribution >= 0.6 is 0 Å². The molecule has 2 aliphatic rings. The number of carbonyl (C=O) groups is 2. The molecular weight excluding hydrogens is 254 g/mol. The van der Waals surface area contributed by atoms with E-state index in [9.17, 15) is 14.7 Å². The van der Waals surface area contributed by atoms with Gasteiger partial charge in [0, 0.05) is 6.04 Å². The van der Waals surface area contributed by atoms with E-state index < -0.39 is 11.9 Å². The third-order valence-corrected chi connectivity index (χ3v) is 5.09. The Morgan fingerprint density at radius 2 is 1.65 bits per heavy atom. The molecule has 0 heterocycles. The summed E-state index contributed by atoms with van der Waals surface area (Å²) in [5.41, 5.74) is 0. The molecule has 3 unspecified atom stereocenters. The monoisotopic (exact) mass is 281 g/mol. The molecular formula is C16H27NO3. The summed E-state index contributed by atoms with van der Waals surface area (Å²) < 4.78 is 0. The topological polar surface area (TPSA) is 66.4 Å². The van der Waals surface area contributed by atoms with Crippen molar-refractivity contribution in [2.24, 2.45) is 17.8 Å². The molecule has 2 rings (SSSR count). The zero-order valence-corrected chi connectivity index (χ0v) is 12.4. The highest BCUT2D eigenvalue weighted by Crippen LogP contribution is 2.38. The van der Waals surface area contributed by atoms with Crippen molar-refractivity contribution in [3.05, 3.63) is 0 Å². The molecule has 1 amide bonds. The van der Waals surface area contributed by atoms with Crippen LogP contribution in [0.1, 0.15) is 64.7 Å². The van der Waals surface area contributed by atoms with Gasteiger partial charge in [0.25, 0.3) is 0 Å². The van der Waals surface area contributed by atoms with Gasteiger partial charge in [-0.05, 0) is 31.6 Å². The van der Waals surface area contributed by atoms with Gasteiger partial charge in [0.05, 0.1) is 11.8 Å². The maximum Gasteiger partial charge on any atom is 0.307 e. The average Bonchev–Trinajstić information content (AvgIpc) is 2.71. The van der Waals surface area contributed by atoms with Crippen LogP contribution in [0.3, 0.4) is 0 Å². The van der Waals surface area contributed by atoms with Crippen molar-refractivity contribution in [1.29, 1.82) is 0 Å². The quantitative estimate of drug-likeness (QED) is 0.779. The fraction of sp³-hybridized carbons (Fsp3) is 0.875. The number of rotatable bonds is 4. The minimum absolute atomic E-state index is 0.0137. The average molecular weight is 281 g/mol. The fourth-order valence-corrected chi connectivity index (χ4v) is 3.77. The first-order chi connectivity index (χ1) is 9.61. The van der Waals surface area contributed by atoms with Gasteiger partial charge in [0.1, 0.15) is 0 Å². The number of aliphatic carboxylic acids is 1. The van der Waals surface area contributed by atoms with Gasteiger partial charge in [0.2, 0.25) is 5.91 Å². The molecule has 114 valence electrons.